The maximum Gasteiger partial charge on any atom is 0.283 e. The number of aromatic nitrogens is 2. The molecule has 0 fully saturated rings. The van der Waals surface area contributed by atoms with Gasteiger partial charge in [0.05, 0.1) is 25.4 Å². The summed E-state index contributed by atoms with van der Waals surface area (Å²) in [5.74, 6) is -0.961. The first-order chi connectivity index (χ1) is 20.4. The SMILES string of the molecule is N=C(N)N(CCCCc1ccc(OCCN(C[C@H](O)[C@H](O)CO)C[C@H](O)[C@H](O)CO)cc1)C(=O)c1nc(Cl)c(N)nc1N. The second kappa shape index (κ2) is 17.7. The minimum atomic E-state index is -1.38. The zero-order chi connectivity index (χ0) is 32.1. The normalized spacial score (nSPS) is 14.2. The van der Waals surface area contributed by atoms with Gasteiger partial charge in [-0.1, -0.05) is 23.7 Å². The quantitative estimate of drug-likeness (QED) is 0.0475. The molecule has 0 unspecified atom stereocenters. The maximum atomic E-state index is 12.8. The van der Waals surface area contributed by atoms with Gasteiger partial charge < -0.3 is 52.6 Å². The summed E-state index contributed by atoms with van der Waals surface area (Å²) in [5.41, 5.74) is 17.7. The number of aliphatic hydroxyl groups excluding tert-OH is 6. The van der Waals surface area contributed by atoms with Crippen molar-refractivity contribution in [1.82, 2.24) is 19.8 Å². The van der Waals surface area contributed by atoms with Crippen LogP contribution in [-0.2, 0) is 6.42 Å². The fourth-order valence-corrected chi connectivity index (χ4v) is 4.10. The molecule has 17 heteroatoms. The number of rotatable bonds is 18. The highest BCUT2D eigenvalue weighted by Gasteiger charge is 2.25. The van der Waals surface area contributed by atoms with Gasteiger partial charge in [-0.25, -0.2) is 9.97 Å². The Morgan fingerprint density at radius 1 is 0.907 bits per heavy atom. The van der Waals surface area contributed by atoms with E-state index in [4.69, 9.17) is 49.2 Å². The minimum Gasteiger partial charge on any atom is -0.492 e. The van der Waals surface area contributed by atoms with E-state index in [0.29, 0.717) is 25.0 Å². The van der Waals surface area contributed by atoms with Crippen LogP contribution in [0.3, 0.4) is 0 Å². The Kier molecular flexibility index (Phi) is 14.7. The molecule has 0 radical (unpaired) electrons. The van der Waals surface area contributed by atoms with Crippen LogP contribution in [0.25, 0.3) is 0 Å². The van der Waals surface area contributed by atoms with E-state index in [2.05, 4.69) is 9.97 Å². The average Bonchev–Trinajstić information content (AvgIpc) is 2.98. The predicted molar refractivity (Wildman–Crippen MR) is 158 cm³/mol. The lowest BCUT2D eigenvalue weighted by molar-refractivity contribution is -0.0551. The fraction of sp³-hybridized carbons (Fsp3) is 0.538. The third kappa shape index (κ3) is 11.3. The number of hydrogen-bond acceptors (Lipinski definition) is 14. The molecule has 240 valence electrons. The van der Waals surface area contributed by atoms with Crippen LogP contribution in [0.2, 0.25) is 5.15 Å². The number of nitrogens with one attached hydrogen (secondary N) is 1. The van der Waals surface area contributed by atoms with Crippen molar-refractivity contribution in [2.45, 2.75) is 43.7 Å². The van der Waals surface area contributed by atoms with Crippen LogP contribution in [0.5, 0.6) is 5.75 Å². The molecule has 43 heavy (non-hydrogen) atoms. The van der Waals surface area contributed by atoms with Crippen molar-refractivity contribution in [1.29, 1.82) is 5.41 Å². The molecule has 1 aromatic heterocycles. The maximum absolute atomic E-state index is 12.8. The van der Waals surface area contributed by atoms with Gasteiger partial charge in [-0.05, 0) is 37.0 Å². The molecule has 4 atom stereocenters. The summed E-state index contributed by atoms with van der Waals surface area (Å²) in [6.07, 6.45) is -3.50. The van der Waals surface area contributed by atoms with Gasteiger partial charge in [-0.3, -0.25) is 20.0 Å². The number of unbranched alkanes of at least 4 members (excludes halogenated alkanes) is 1. The highest BCUT2D eigenvalue weighted by atomic mass is 35.5. The highest BCUT2D eigenvalue weighted by molar-refractivity contribution is 6.31. The van der Waals surface area contributed by atoms with E-state index in [-0.39, 0.29) is 55.3 Å². The Morgan fingerprint density at radius 3 is 2.02 bits per heavy atom. The Balaban J connectivity index is 1.86. The molecule has 13 N–H and O–H groups in total. The smallest absolute Gasteiger partial charge is 0.283 e. The molecule has 0 spiro atoms. The Hall–Kier alpha value is -3.35. The first-order valence-corrected chi connectivity index (χ1v) is 13.9. The number of aryl methyl sites for hydroxylation is 1. The predicted octanol–water partition coefficient (Wildman–Crippen LogP) is -2.24. The average molecular weight is 629 g/mol. The second-order valence-corrected chi connectivity index (χ2v) is 10.2. The van der Waals surface area contributed by atoms with Crippen molar-refractivity contribution in [2.24, 2.45) is 5.73 Å². The molecule has 0 saturated carbocycles. The van der Waals surface area contributed by atoms with E-state index in [1.165, 1.54) is 0 Å². The number of carbonyl (C=O) groups excluding carboxylic acids is 1. The van der Waals surface area contributed by atoms with E-state index in [9.17, 15) is 25.2 Å². The van der Waals surface area contributed by atoms with Gasteiger partial charge in [-0.2, -0.15) is 0 Å². The van der Waals surface area contributed by atoms with Crippen molar-refractivity contribution in [3.05, 3.63) is 40.7 Å². The highest BCUT2D eigenvalue weighted by Crippen LogP contribution is 2.19. The monoisotopic (exact) mass is 628 g/mol. The molecule has 0 aliphatic carbocycles. The van der Waals surface area contributed by atoms with Crippen LogP contribution in [0.1, 0.15) is 28.9 Å². The topological polar surface area (TPSA) is 282 Å². The number of carbonyl (C=O) groups is 1. The van der Waals surface area contributed by atoms with E-state index >= 15 is 0 Å². The van der Waals surface area contributed by atoms with Gasteiger partial charge in [0.1, 0.15) is 24.6 Å². The number of aliphatic hydroxyl groups is 6. The summed E-state index contributed by atoms with van der Waals surface area (Å²) in [7, 11) is 0. The van der Waals surface area contributed by atoms with E-state index in [1.807, 2.05) is 12.1 Å². The molecule has 1 amide bonds. The number of guanidine groups is 1. The van der Waals surface area contributed by atoms with Crippen LogP contribution in [0.4, 0.5) is 11.6 Å². The molecule has 2 rings (SSSR count). The molecule has 0 bridgehead atoms. The van der Waals surface area contributed by atoms with Crippen molar-refractivity contribution in [3.63, 3.8) is 0 Å². The van der Waals surface area contributed by atoms with E-state index in [0.717, 1.165) is 10.5 Å². The van der Waals surface area contributed by atoms with E-state index < -0.39 is 49.5 Å². The van der Waals surface area contributed by atoms with Crippen molar-refractivity contribution >= 4 is 35.1 Å². The number of anilines is 2. The third-order valence-corrected chi connectivity index (χ3v) is 6.77. The number of ether oxygens (including phenoxy) is 1. The first-order valence-electron chi connectivity index (χ1n) is 13.5. The number of nitrogens with zero attached hydrogens (tertiary/aromatic N) is 4. The molecule has 0 aliphatic rings. The summed E-state index contributed by atoms with van der Waals surface area (Å²) in [5, 5.41) is 65.1. The van der Waals surface area contributed by atoms with Gasteiger partial charge in [0, 0.05) is 26.2 Å². The molecule has 1 aromatic carbocycles. The molecule has 0 aliphatic heterocycles. The molecule has 0 saturated heterocycles. The standard InChI is InChI=1S/C26H41ClN8O8/c27-22-24(29)33-23(28)21(32-22)25(42)35(26(30)31)8-2-1-3-15-4-6-16(7-5-15)43-10-9-34(11-17(38)19(40)13-36)12-18(39)20(41)14-37/h4-7,17-20,36-41H,1-3,8-14H2,(H3,30,31)(H4,28,29,33)/t17-,18-,19+,20+/m0/s1. The largest absolute Gasteiger partial charge is 0.492 e. The molecular formula is C26H41ClN8O8. The summed E-state index contributed by atoms with van der Waals surface area (Å²) in [6.45, 7) is -1.01. The number of benzene rings is 1. The Morgan fingerprint density at radius 2 is 1.49 bits per heavy atom. The summed E-state index contributed by atoms with van der Waals surface area (Å²) < 4.78 is 5.76. The van der Waals surface area contributed by atoms with Crippen LogP contribution < -0.4 is 21.9 Å². The molecular weight excluding hydrogens is 588 g/mol. The third-order valence-electron chi connectivity index (χ3n) is 6.49. The van der Waals surface area contributed by atoms with Gasteiger partial charge in [0.15, 0.2) is 28.4 Å². The molecule has 1 heterocycles. The van der Waals surface area contributed by atoms with Gasteiger partial charge >= 0.3 is 0 Å². The molecule has 2 aromatic rings. The van der Waals surface area contributed by atoms with Gasteiger partial charge in [0.25, 0.3) is 5.91 Å². The molecule has 16 nitrogen and oxygen atoms in total. The number of nitrogens with two attached hydrogens (primary N) is 3. The van der Waals surface area contributed by atoms with Crippen molar-refractivity contribution < 1.29 is 40.2 Å². The summed E-state index contributed by atoms with van der Waals surface area (Å²) in [4.78, 5) is 23.1. The lowest BCUT2D eigenvalue weighted by Gasteiger charge is -2.29. The lowest BCUT2D eigenvalue weighted by atomic mass is 10.1. The number of amides is 1. The first kappa shape index (κ1) is 35.8. The van der Waals surface area contributed by atoms with Crippen molar-refractivity contribution in [2.75, 3.05) is 57.5 Å². The van der Waals surface area contributed by atoms with Crippen molar-refractivity contribution in [3.8, 4) is 5.75 Å². The van der Waals surface area contributed by atoms with Crippen LogP contribution in [-0.4, -0.2) is 133 Å². The zero-order valence-corrected chi connectivity index (χ0v) is 24.3. The summed E-state index contributed by atoms with van der Waals surface area (Å²) in [6, 6.07) is 7.28. The lowest BCUT2D eigenvalue weighted by Crippen LogP contribution is -2.47. The number of nitrogen functional groups attached to an aromatic ring is 2. The Bertz CT molecular complexity index is 1160. The van der Waals surface area contributed by atoms with Gasteiger partial charge in [0.2, 0.25) is 0 Å². The van der Waals surface area contributed by atoms with Crippen LogP contribution >= 0.6 is 11.6 Å². The van der Waals surface area contributed by atoms with Crippen LogP contribution in [0.15, 0.2) is 24.3 Å². The number of hydrogen-bond donors (Lipinski definition) is 10. The van der Waals surface area contributed by atoms with Gasteiger partial charge in [-0.15, -0.1) is 0 Å². The minimum absolute atomic E-state index is 0.111. The Labute approximate surface area is 253 Å². The number of halogens is 1. The second-order valence-electron chi connectivity index (χ2n) is 9.82. The fourth-order valence-electron chi connectivity index (χ4n) is 3.98. The zero-order valence-electron chi connectivity index (χ0n) is 23.6. The summed E-state index contributed by atoms with van der Waals surface area (Å²) >= 11 is 5.86. The van der Waals surface area contributed by atoms with E-state index in [1.54, 1.807) is 17.0 Å². The van der Waals surface area contributed by atoms with Crippen LogP contribution in [0, 0.1) is 5.41 Å².